The summed E-state index contributed by atoms with van der Waals surface area (Å²) in [5.74, 6) is -0.0435. The lowest BCUT2D eigenvalue weighted by atomic mass is 10.2. The fourth-order valence-corrected chi connectivity index (χ4v) is 5.77. The fraction of sp³-hybridized carbons (Fsp3) is 0.158. The van der Waals surface area contributed by atoms with E-state index in [0.29, 0.717) is 10.8 Å². The molecule has 0 aliphatic carbocycles. The van der Waals surface area contributed by atoms with E-state index in [1.54, 1.807) is 0 Å². The molecule has 0 saturated carbocycles. The summed E-state index contributed by atoms with van der Waals surface area (Å²) in [4.78, 5) is 20.7. The average Bonchev–Trinajstić information content (AvgIpc) is 2.75. The SMILES string of the molecule is COc1ccc(C=CS(=O)(=O)CS(=O)(=O)C=Cc2ccc(OC)c([N+](=O)[O-])c2)cc1[N+](=O)[O-]. The maximum atomic E-state index is 12.2. The normalized spacial score (nSPS) is 12.2. The number of hydrogen-bond donors (Lipinski definition) is 0. The smallest absolute Gasteiger partial charge is 0.311 e. The molecule has 0 N–H and O–H groups in total. The van der Waals surface area contributed by atoms with Crippen LogP contribution < -0.4 is 9.47 Å². The Kier molecular flexibility index (Phi) is 7.90. The molecule has 0 aromatic heterocycles. The third kappa shape index (κ3) is 7.11. The monoisotopic (exact) mass is 498 g/mol. The average molecular weight is 498 g/mol. The molecule has 2 rings (SSSR count). The van der Waals surface area contributed by atoms with Crippen molar-refractivity contribution < 1.29 is 36.2 Å². The van der Waals surface area contributed by atoms with E-state index in [1.165, 1.54) is 38.5 Å². The minimum atomic E-state index is -4.27. The van der Waals surface area contributed by atoms with Crippen molar-refractivity contribution in [2.45, 2.75) is 0 Å². The van der Waals surface area contributed by atoms with Crippen LogP contribution in [0.5, 0.6) is 11.5 Å². The van der Waals surface area contributed by atoms with Gasteiger partial charge in [0.15, 0.2) is 36.3 Å². The number of hydrogen-bond acceptors (Lipinski definition) is 10. The molecule has 12 nitrogen and oxygen atoms in total. The van der Waals surface area contributed by atoms with Gasteiger partial charge >= 0.3 is 11.4 Å². The Morgan fingerprint density at radius 1 is 0.758 bits per heavy atom. The molecule has 0 fully saturated rings. The molecular formula is C19H18N2O10S2. The molecule has 33 heavy (non-hydrogen) atoms. The van der Waals surface area contributed by atoms with E-state index in [4.69, 9.17) is 9.47 Å². The molecule has 0 unspecified atom stereocenters. The summed E-state index contributed by atoms with van der Waals surface area (Å²) >= 11 is 0. The van der Waals surface area contributed by atoms with Gasteiger partial charge in [0, 0.05) is 22.9 Å². The topological polar surface area (TPSA) is 173 Å². The van der Waals surface area contributed by atoms with E-state index in [2.05, 4.69) is 0 Å². The van der Waals surface area contributed by atoms with Crippen molar-refractivity contribution in [3.63, 3.8) is 0 Å². The van der Waals surface area contributed by atoms with Crippen LogP contribution in [0.4, 0.5) is 11.4 Å². The number of nitrogens with zero attached hydrogens (tertiary/aromatic N) is 2. The van der Waals surface area contributed by atoms with Crippen LogP contribution in [0.1, 0.15) is 11.1 Å². The Morgan fingerprint density at radius 2 is 1.12 bits per heavy atom. The fourth-order valence-electron chi connectivity index (χ4n) is 2.58. The predicted molar refractivity (Wildman–Crippen MR) is 120 cm³/mol. The van der Waals surface area contributed by atoms with Gasteiger partial charge in [-0.1, -0.05) is 12.1 Å². The van der Waals surface area contributed by atoms with Gasteiger partial charge in [-0.25, -0.2) is 16.8 Å². The Labute approximate surface area is 188 Å². The van der Waals surface area contributed by atoms with Crippen LogP contribution in [-0.2, 0) is 19.7 Å². The molecule has 0 atom stereocenters. The summed E-state index contributed by atoms with van der Waals surface area (Å²) in [6.45, 7) is 0. The molecule has 2 aromatic carbocycles. The van der Waals surface area contributed by atoms with E-state index < -0.39 is 34.6 Å². The molecule has 0 saturated heterocycles. The van der Waals surface area contributed by atoms with Crippen LogP contribution in [0.3, 0.4) is 0 Å². The molecule has 0 aliphatic rings. The van der Waals surface area contributed by atoms with E-state index in [0.717, 1.165) is 24.3 Å². The zero-order chi connectivity index (χ0) is 24.8. The summed E-state index contributed by atoms with van der Waals surface area (Å²) < 4.78 is 58.7. The number of ether oxygens (including phenoxy) is 2. The number of nitro benzene ring substituents is 2. The predicted octanol–water partition coefficient (Wildman–Crippen LogP) is 2.95. The largest absolute Gasteiger partial charge is 0.490 e. The van der Waals surface area contributed by atoms with Crippen molar-refractivity contribution in [1.82, 2.24) is 0 Å². The molecule has 0 bridgehead atoms. The number of methoxy groups -OCH3 is 2. The Bertz CT molecular complexity index is 1240. The molecule has 0 amide bonds. The molecule has 0 heterocycles. The standard InChI is InChI=1S/C19H18N2O10S2/c1-30-18-5-3-14(11-16(18)20(22)23)7-9-32(26,27)13-33(28,29)10-8-15-4-6-19(31-2)17(12-15)21(24)25/h3-12H,13H2,1-2H3. The lowest BCUT2D eigenvalue weighted by Crippen LogP contribution is -2.11. The third-order valence-electron chi connectivity index (χ3n) is 4.06. The van der Waals surface area contributed by atoms with Crippen LogP contribution >= 0.6 is 0 Å². The van der Waals surface area contributed by atoms with E-state index in [-0.39, 0.29) is 34.0 Å². The van der Waals surface area contributed by atoms with Gasteiger partial charge in [0.05, 0.1) is 24.1 Å². The summed E-state index contributed by atoms with van der Waals surface area (Å²) in [6, 6.07) is 7.44. The van der Waals surface area contributed by atoms with E-state index >= 15 is 0 Å². The summed E-state index contributed by atoms with van der Waals surface area (Å²) in [5.41, 5.74) is -0.489. The van der Waals surface area contributed by atoms with Gasteiger partial charge in [0.1, 0.15) is 0 Å². The highest BCUT2D eigenvalue weighted by molar-refractivity contribution is 8.10. The first-order valence-electron chi connectivity index (χ1n) is 8.84. The maximum Gasteiger partial charge on any atom is 0.311 e. The second-order valence-electron chi connectivity index (χ2n) is 6.43. The first-order chi connectivity index (χ1) is 15.4. The number of nitro groups is 2. The molecule has 2 aromatic rings. The van der Waals surface area contributed by atoms with Gasteiger partial charge < -0.3 is 9.47 Å². The first kappa shape index (κ1) is 25.5. The van der Waals surface area contributed by atoms with Gasteiger partial charge in [-0.2, -0.15) is 0 Å². The van der Waals surface area contributed by atoms with Crippen LogP contribution in [-0.4, -0.2) is 46.0 Å². The van der Waals surface area contributed by atoms with Crippen molar-refractivity contribution >= 4 is 43.2 Å². The van der Waals surface area contributed by atoms with Crippen LogP contribution in [0.15, 0.2) is 47.2 Å². The van der Waals surface area contributed by atoms with Gasteiger partial charge in [-0.15, -0.1) is 0 Å². The highest BCUT2D eigenvalue weighted by Gasteiger charge is 2.19. The second-order valence-corrected chi connectivity index (χ2v) is 10.6. The summed E-state index contributed by atoms with van der Waals surface area (Å²) in [6.07, 6.45) is 2.04. The van der Waals surface area contributed by atoms with Crippen LogP contribution in [0.2, 0.25) is 0 Å². The maximum absolute atomic E-state index is 12.2. The van der Waals surface area contributed by atoms with Gasteiger partial charge in [0.25, 0.3) is 0 Å². The quantitative estimate of drug-likeness (QED) is 0.350. The number of rotatable bonds is 10. The summed E-state index contributed by atoms with van der Waals surface area (Å²) in [7, 11) is -6.06. The lowest BCUT2D eigenvalue weighted by Gasteiger charge is -2.03. The molecule has 14 heteroatoms. The Balaban J connectivity index is 2.22. The molecule has 0 spiro atoms. The summed E-state index contributed by atoms with van der Waals surface area (Å²) in [5, 5.41) is 22.1. The molecule has 176 valence electrons. The van der Waals surface area contributed by atoms with Crippen LogP contribution in [0, 0.1) is 20.2 Å². The Morgan fingerprint density at radius 3 is 1.42 bits per heavy atom. The minimum absolute atomic E-state index is 0.0218. The van der Waals surface area contributed by atoms with Gasteiger partial charge in [0.2, 0.25) is 0 Å². The van der Waals surface area contributed by atoms with Crippen molar-refractivity contribution in [3.05, 3.63) is 78.6 Å². The highest BCUT2D eigenvalue weighted by Crippen LogP contribution is 2.29. The van der Waals surface area contributed by atoms with Gasteiger partial charge in [-0.05, 0) is 35.4 Å². The van der Waals surface area contributed by atoms with Crippen molar-refractivity contribution in [1.29, 1.82) is 0 Å². The third-order valence-corrected chi connectivity index (χ3v) is 7.79. The first-order valence-corrected chi connectivity index (χ1v) is 12.3. The lowest BCUT2D eigenvalue weighted by molar-refractivity contribution is -0.385. The second kappa shape index (κ2) is 10.2. The highest BCUT2D eigenvalue weighted by atomic mass is 32.3. The number of benzene rings is 2. The number of sulfone groups is 2. The van der Waals surface area contributed by atoms with E-state index in [1.807, 2.05) is 0 Å². The van der Waals surface area contributed by atoms with E-state index in [9.17, 15) is 37.1 Å². The van der Waals surface area contributed by atoms with Crippen molar-refractivity contribution in [2.24, 2.45) is 0 Å². The van der Waals surface area contributed by atoms with Crippen LogP contribution in [0.25, 0.3) is 12.2 Å². The molecule has 0 aliphatic heterocycles. The Hall–Kier alpha value is -3.78. The van der Waals surface area contributed by atoms with Crippen molar-refractivity contribution in [2.75, 3.05) is 19.3 Å². The molecular weight excluding hydrogens is 480 g/mol. The zero-order valence-electron chi connectivity index (χ0n) is 17.3. The minimum Gasteiger partial charge on any atom is -0.490 e. The molecule has 0 radical (unpaired) electrons. The zero-order valence-corrected chi connectivity index (χ0v) is 18.9. The van der Waals surface area contributed by atoms with Gasteiger partial charge in [-0.3, -0.25) is 20.2 Å². The van der Waals surface area contributed by atoms with Crippen molar-refractivity contribution in [3.8, 4) is 11.5 Å².